The third-order valence-electron chi connectivity index (χ3n) is 5.00. The van der Waals surface area contributed by atoms with Crippen LogP contribution in [0, 0.1) is 0 Å². The van der Waals surface area contributed by atoms with Gasteiger partial charge >= 0.3 is 0 Å². The van der Waals surface area contributed by atoms with Crippen molar-refractivity contribution in [3.63, 3.8) is 0 Å². The molecule has 0 aromatic heterocycles. The number of fused-ring (bicyclic) bond motifs is 1. The van der Waals surface area contributed by atoms with Gasteiger partial charge < -0.3 is 24.1 Å². The van der Waals surface area contributed by atoms with Gasteiger partial charge in [-0.15, -0.1) is 11.8 Å². The summed E-state index contributed by atoms with van der Waals surface area (Å²) < 4.78 is 24.4. The van der Waals surface area contributed by atoms with E-state index in [1.54, 1.807) is 11.8 Å². The molecule has 0 amide bonds. The van der Waals surface area contributed by atoms with E-state index in [4.69, 9.17) is 18.9 Å². The predicted molar refractivity (Wildman–Crippen MR) is 108 cm³/mol. The summed E-state index contributed by atoms with van der Waals surface area (Å²) in [4.78, 5) is 0. The molecule has 4 rings (SSSR count). The van der Waals surface area contributed by atoms with Crippen LogP contribution in [0.25, 0.3) is 0 Å². The Morgan fingerprint density at radius 1 is 1.04 bits per heavy atom. The van der Waals surface area contributed by atoms with Crippen LogP contribution in [-0.4, -0.2) is 47.3 Å². The minimum Gasteiger partial charge on any atom is -0.387 e. The Balaban J connectivity index is 1.52. The van der Waals surface area contributed by atoms with Crippen LogP contribution in [0.5, 0.6) is 0 Å². The van der Waals surface area contributed by atoms with E-state index in [0.717, 1.165) is 16.9 Å². The first-order valence-corrected chi connectivity index (χ1v) is 10.7. The van der Waals surface area contributed by atoms with Crippen molar-refractivity contribution in [3.8, 4) is 0 Å². The van der Waals surface area contributed by atoms with E-state index in [9.17, 15) is 5.11 Å². The number of thioether (sulfide) groups is 1. The topological polar surface area (TPSA) is 57.2 Å². The molecule has 0 bridgehead atoms. The Morgan fingerprint density at radius 3 is 2.46 bits per heavy atom. The lowest BCUT2D eigenvalue weighted by Crippen LogP contribution is -2.61. The van der Waals surface area contributed by atoms with Crippen LogP contribution in [0.2, 0.25) is 0 Å². The Hall–Kier alpha value is -1.41. The van der Waals surface area contributed by atoms with Crippen LogP contribution in [0.3, 0.4) is 0 Å². The molecular weight excluding hydrogens is 376 g/mol. The molecule has 2 aromatic rings. The van der Waals surface area contributed by atoms with Crippen molar-refractivity contribution in [2.45, 2.75) is 49.7 Å². The second-order valence-corrected chi connectivity index (χ2v) is 8.30. The predicted octanol–water partition coefficient (Wildman–Crippen LogP) is 3.52. The molecule has 5 nitrogen and oxygen atoms in total. The van der Waals surface area contributed by atoms with Gasteiger partial charge in [-0.2, -0.15) is 0 Å². The van der Waals surface area contributed by atoms with E-state index in [1.807, 2.05) is 67.6 Å². The minimum absolute atomic E-state index is 0.270. The molecule has 1 N–H and O–H groups in total. The Labute approximate surface area is 169 Å². The van der Waals surface area contributed by atoms with E-state index < -0.39 is 24.6 Å². The van der Waals surface area contributed by atoms with Gasteiger partial charge in [-0.25, -0.2) is 0 Å². The fourth-order valence-corrected chi connectivity index (χ4v) is 4.50. The molecule has 0 spiro atoms. The zero-order valence-electron chi connectivity index (χ0n) is 15.8. The largest absolute Gasteiger partial charge is 0.387 e. The quantitative estimate of drug-likeness (QED) is 0.798. The fraction of sp³-hybridized carbons (Fsp3) is 0.455. The standard InChI is InChI=1S/C22H26O5S/c1-2-28-22-18(23)20(24-13-15-9-5-3-6-10-15)19-17(26-22)14-25-21(27-19)16-11-7-4-8-12-16/h3-12,17-23H,2,13-14H2,1H3/t17-,18-,19+,20-,21?,22+/m1/s1. The summed E-state index contributed by atoms with van der Waals surface area (Å²) in [5.41, 5.74) is 1.65. The van der Waals surface area contributed by atoms with Gasteiger partial charge in [0, 0.05) is 5.56 Å². The first-order valence-electron chi connectivity index (χ1n) is 9.69. The molecule has 6 atom stereocenters. The Bertz CT molecular complexity index is 728. The smallest absolute Gasteiger partial charge is 0.184 e. The van der Waals surface area contributed by atoms with Crippen molar-refractivity contribution in [1.82, 2.24) is 0 Å². The zero-order valence-corrected chi connectivity index (χ0v) is 16.7. The summed E-state index contributed by atoms with van der Waals surface area (Å²) in [6.45, 7) is 2.87. The number of hydrogen-bond donors (Lipinski definition) is 1. The normalized spacial score (nSPS) is 32.6. The van der Waals surface area contributed by atoms with Gasteiger partial charge in [0.1, 0.15) is 29.9 Å². The van der Waals surface area contributed by atoms with Crippen molar-refractivity contribution in [2.75, 3.05) is 12.4 Å². The van der Waals surface area contributed by atoms with Crippen LogP contribution in [0.1, 0.15) is 24.3 Å². The average Bonchev–Trinajstić information content (AvgIpc) is 2.75. The summed E-state index contributed by atoms with van der Waals surface area (Å²) in [6.07, 6.45) is -2.42. The number of ether oxygens (including phenoxy) is 4. The van der Waals surface area contributed by atoms with Crippen LogP contribution in [-0.2, 0) is 25.6 Å². The summed E-state index contributed by atoms with van der Waals surface area (Å²) in [6, 6.07) is 19.8. The summed E-state index contributed by atoms with van der Waals surface area (Å²) in [7, 11) is 0. The second-order valence-electron chi connectivity index (χ2n) is 6.93. The van der Waals surface area contributed by atoms with Crippen molar-refractivity contribution >= 4 is 11.8 Å². The maximum atomic E-state index is 10.9. The van der Waals surface area contributed by atoms with Gasteiger partial charge in [0.2, 0.25) is 0 Å². The summed E-state index contributed by atoms with van der Waals surface area (Å²) >= 11 is 1.58. The monoisotopic (exact) mass is 402 g/mol. The van der Waals surface area contributed by atoms with Crippen molar-refractivity contribution in [2.24, 2.45) is 0 Å². The Morgan fingerprint density at radius 2 is 1.75 bits per heavy atom. The first-order chi connectivity index (χ1) is 13.8. The number of hydrogen-bond acceptors (Lipinski definition) is 6. The van der Waals surface area contributed by atoms with Crippen LogP contribution in [0.4, 0.5) is 0 Å². The van der Waals surface area contributed by atoms with E-state index >= 15 is 0 Å². The molecule has 2 aliphatic heterocycles. The molecule has 28 heavy (non-hydrogen) atoms. The molecule has 2 fully saturated rings. The molecule has 0 aliphatic carbocycles. The second kappa shape index (κ2) is 9.39. The molecule has 2 aromatic carbocycles. The lowest BCUT2D eigenvalue weighted by atomic mass is 9.98. The molecule has 1 unspecified atom stereocenters. The highest BCUT2D eigenvalue weighted by atomic mass is 32.2. The highest BCUT2D eigenvalue weighted by Crippen LogP contribution is 2.38. The maximum Gasteiger partial charge on any atom is 0.184 e. The third-order valence-corrected chi connectivity index (χ3v) is 6.05. The van der Waals surface area contributed by atoms with Crippen molar-refractivity contribution < 1.29 is 24.1 Å². The van der Waals surface area contributed by atoms with Gasteiger partial charge in [-0.3, -0.25) is 0 Å². The van der Waals surface area contributed by atoms with Crippen molar-refractivity contribution in [3.05, 3.63) is 71.8 Å². The number of rotatable bonds is 6. The number of aliphatic hydroxyl groups excluding tert-OH is 1. The third kappa shape index (κ3) is 4.43. The lowest BCUT2D eigenvalue weighted by Gasteiger charge is -2.47. The molecule has 6 heteroatoms. The van der Waals surface area contributed by atoms with E-state index in [-0.39, 0.29) is 11.5 Å². The van der Waals surface area contributed by atoms with Crippen LogP contribution in [0.15, 0.2) is 60.7 Å². The SMILES string of the molecule is CCS[C@@H]1O[C@@H]2COC(c3ccccc3)O[C@@H]2[C@H](OCc2ccccc2)[C@H]1O. The Kier molecular flexibility index (Phi) is 6.67. The van der Waals surface area contributed by atoms with Crippen LogP contribution >= 0.6 is 11.8 Å². The summed E-state index contributed by atoms with van der Waals surface area (Å²) in [5, 5.41) is 10.9. The molecule has 2 saturated heterocycles. The highest BCUT2D eigenvalue weighted by Gasteiger charge is 2.50. The molecule has 2 heterocycles. The van der Waals surface area contributed by atoms with Gasteiger partial charge in [0.05, 0.1) is 13.2 Å². The maximum absolute atomic E-state index is 10.9. The number of benzene rings is 2. The van der Waals surface area contributed by atoms with E-state index in [1.165, 1.54) is 0 Å². The number of aliphatic hydroxyl groups is 1. The minimum atomic E-state index is -0.774. The average molecular weight is 403 g/mol. The first kappa shape index (κ1) is 19.9. The fourth-order valence-electron chi connectivity index (χ4n) is 3.60. The molecule has 150 valence electrons. The zero-order chi connectivity index (χ0) is 19.3. The van der Waals surface area contributed by atoms with Gasteiger partial charge in [-0.05, 0) is 11.3 Å². The molecule has 2 aliphatic rings. The highest BCUT2D eigenvalue weighted by molar-refractivity contribution is 7.99. The van der Waals surface area contributed by atoms with Crippen molar-refractivity contribution in [1.29, 1.82) is 0 Å². The summed E-state index contributed by atoms with van der Waals surface area (Å²) in [5.74, 6) is 0.846. The lowest BCUT2D eigenvalue weighted by molar-refractivity contribution is -0.325. The molecular formula is C22H26O5S. The van der Waals surface area contributed by atoms with Gasteiger partial charge in [-0.1, -0.05) is 67.6 Å². The van der Waals surface area contributed by atoms with E-state index in [0.29, 0.717) is 13.2 Å². The van der Waals surface area contributed by atoms with E-state index in [2.05, 4.69) is 0 Å². The van der Waals surface area contributed by atoms with Crippen LogP contribution < -0.4 is 0 Å². The van der Waals surface area contributed by atoms with Gasteiger partial charge in [0.15, 0.2) is 6.29 Å². The molecule has 0 radical (unpaired) electrons. The van der Waals surface area contributed by atoms with Gasteiger partial charge in [0.25, 0.3) is 0 Å². The molecule has 0 saturated carbocycles.